The fraction of sp³-hybridized carbons (Fsp3) is 0.107. The van der Waals surface area contributed by atoms with E-state index in [0.717, 1.165) is 4.47 Å². The molecule has 9 heteroatoms. The van der Waals surface area contributed by atoms with Crippen LogP contribution in [0.2, 0.25) is 0 Å². The molecule has 1 aliphatic heterocycles. The zero-order chi connectivity index (χ0) is 26.3. The third-order valence-electron chi connectivity index (χ3n) is 6.05. The van der Waals surface area contributed by atoms with Gasteiger partial charge in [-0.05, 0) is 66.2 Å². The molecule has 2 heterocycles. The summed E-state index contributed by atoms with van der Waals surface area (Å²) in [5, 5.41) is 14.4. The van der Waals surface area contributed by atoms with Crippen molar-refractivity contribution in [1.82, 2.24) is 0 Å². The molecular formula is C28H21BrN2O6. The lowest BCUT2D eigenvalue weighted by molar-refractivity contribution is -0.117. The van der Waals surface area contributed by atoms with Crippen molar-refractivity contribution < 1.29 is 28.6 Å². The maximum atomic E-state index is 13.7. The Morgan fingerprint density at radius 2 is 1.73 bits per heavy atom. The molecule has 4 aromatic rings. The van der Waals surface area contributed by atoms with Gasteiger partial charge in [-0.3, -0.25) is 19.3 Å². The van der Waals surface area contributed by atoms with E-state index in [4.69, 9.17) is 9.15 Å². The van der Waals surface area contributed by atoms with Crippen LogP contribution < -0.4 is 15.0 Å². The quantitative estimate of drug-likeness (QED) is 0.282. The van der Waals surface area contributed by atoms with E-state index >= 15 is 0 Å². The molecular weight excluding hydrogens is 540 g/mol. The summed E-state index contributed by atoms with van der Waals surface area (Å²) in [5.74, 6) is -1.61. The van der Waals surface area contributed by atoms with E-state index in [1.165, 1.54) is 18.9 Å². The van der Waals surface area contributed by atoms with Crippen LogP contribution in [0.5, 0.6) is 5.75 Å². The van der Waals surface area contributed by atoms with Gasteiger partial charge in [-0.25, -0.2) is 0 Å². The number of nitrogens with zero attached hydrogens (tertiary/aromatic N) is 1. The van der Waals surface area contributed by atoms with Crippen molar-refractivity contribution in [3.63, 3.8) is 0 Å². The maximum absolute atomic E-state index is 13.7. The number of rotatable bonds is 6. The molecule has 1 aromatic heterocycles. The number of fused-ring (bicyclic) bond motifs is 1. The Kier molecular flexibility index (Phi) is 6.31. The summed E-state index contributed by atoms with van der Waals surface area (Å²) in [5.41, 5.74) is 1.97. The van der Waals surface area contributed by atoms with Crippen LogP contribution in [-0.2, 0) is 9.59 Å². The van der Waals surface area contributed by atoms with Gasteiger partial charge in [0.05, 0.1) is 18.7 Å². The number of aliphatic hydroxyl groups is 1. The molecule has 5 rings (SSSR count). The van der Waals surface area contributed by atoms with Crippen LogP contribution in [0, 0.1) is 0 Å². The van der Waals surface area contributed by atoms with Crippen molar-refractivity contribution in [1.29, 1.82) is 0 Å². The van der Waals surface area contributed by atoms with Gasteiger partial charge in [0.2, 0.25) is 11.7 Å². The SMILES string of the molecule is COc1ccc(C2C(C(=O)c3cc4cc(Br)ccc4o3)=C(O)C(=O)N2c2ccc(NC(C)=O)cc2)cc1. The summed E-state index contributed by atoms with van der Waals surface area (Å²) < 4.78 is 11.9. The molecule has 0 spiro atoms. The Bertz CT molecular complexity index is 1570. The second-order valence-corrected chi connectivity index (χ2v) is 9.38. The smallest absolute Gasteiger partial charge is 0.294 e. The number of Topliss-reactive ketones (excluding diaryl/α,β-unsaturated/α-hetero) is 1. The van der Waals surface area contributed by atoms with Crippen LogP contribution in [0.25, 0.3) is 11.0 Å². The standard InChI is InChI=1S/C28H21BrN2O6/c1-15(32)30-19-6-8-20(9-7-19)31-25(16-3-10-21(36-2)11-4-16)24(27(34)28(31)35)26(33)23-14-17-13-18(29)5-12-22(17)37-23/h3-14,25,34H,1-2H3,(H,30,32). The summed E-state index contributed by atoms with van der Waals surface area (Å²) in [4.78, 5) is 39.9. The van der Waals surface area contributed by atoms with Gasteiger partial charge < -0.3 is 19.6 Å². The predicted molar refractivity (Wildman–Crippen MR) is 142 cm³/mol. The second kappa shape index (κ2) is 9.59. The van der Waals surface area contributed by atoms with E-state index in [1.54, 1.807) is 66.7 Å². The monoisotopic (exact) mass is 560 g/mol. The van der Waals surface area contributed by atoms with Crippen molar-refractivity contribution in [3.8, 4) is 5.75 Å². The largest absolute Gasteiger partial charge is 0.503 e. The van der Waals surface area contributed by atoms with E-state index in [-0.39, 0.29) is 17.2 Å². The van der Waals surface area contributed by atoms with E-state index in [1.807, 2.05) is 6.07 Å². The summed E-state index contributed by atoms with van der Waals surface area (Å²) in [6.07, 6.45) is 0. The number of halogens is 1. The normalized spacial score (nSPS) is 15.4. The molecule has 0 aliphatic carbocycles. The Morgan fingerprint density at radius 3 is 2.38 bits per heavy atom. The average molecular weight is 561 g/mol. The molecule has 0 saturated heterocycles. The molecule has 1 unspecified atom stereocenters. The molecule has 1 atom stereocenters. The Labute approximate surface area is 220 Å². The number of benzene rings is 3. The van der Waals surface area contributed by atoms with Crippen molar-refractivity contribution in [2.24, 2.45) is 0 Å². The van der Waals surface area contributed by atoms with E-state index in [9.17, 15) is 19.5 Å². The first-order chi connectivity index (χ1) is 17.8. The van der Waals surface area contributed by atoms with Gasteiger partial charge in [0.1, 0.15) is 11.3 Å². The number of carbonyl (C=O) groups excluding carboxylic acids is 3. The number of furan rings is 1. The second-order valence-electron chi connectivity index (χ2n) is 8.46. The molecule has 0 saturated carbocycles. The van der Waals surface area contributed by atoms with Gasteiger partial charge >= 0.3 is 0 Å². The van der Waals surface area contributed by atoms with E-state index in [2.05, 4.69) is 21.2 Å². The number of hydrogen-bond donors (Lipinski definition) is 2. The van der Waals surface area contributed by atoms with Gasteiger partial charge in [-0.15, -0.1) is 0 Å². The van der Waals surface area contributed by atoms with Crippen LogP contribution in [0.15, 0.2) is 93.0 Å². The minimum absolute atomic E-state index is 0.00354. The van der Waals surface area contributed by atoms with E-state index < -0.39 is 23.5 Å². The summed E-state index contributed by atoms with van der Waals surface area (Å²) in [6, 6.07) is 19.4. The highest BCUT2D eigenvalue weighted by Gasteiger charge is 2.45. The third kappa shape index (κ3) is 4.49. The number of ether oxygens (including phenoxy) is 1. The highest BCUT2D eigenvalue weighted by Crippen LogP contribution is 2.43. The van der Waals surface area contributed by atoms with Crippen LogP contribution in [0.4, 0.5) is 11.4 Å². The molecule has 2 N–H and O–H groups in total. The highest BCUT2D eigenvalue weighted by molar-refractivity contribution is 9.10. The fourth-order valence-corrected chi connectivity index (χ4v) is 4.75. The fourth-order valence-electron chi connectivity index (χ4n) is 4.37. The topological polar surface area (TPSA) is 109 Å². The number of methoxy groups -OCH3 is 1. The number of carbonyl (C=O) groups is 3. The molecule has 0 fully saturated rings. The van der Waals surface area contributed by atoms with Crippen molar-refractivity contribution >= 4 is 55.9 Å². The number of anilines is 2. The molecule has 1 aliphatic rings. The summed E-state index contributed by atoms with van der Waals surface area (Å²) in [6.45, 7) is 1.40. The van der Waals surface area contributed by atoms with Gasteiger partial charge in [-0.1, -0.05) is 28.1 Å². The third-order valence-corrected chi connectivity index (χ3v) is 6.55. The van der Waals surface area contributed by atoms with Crippen LogP contribution >= 0.6 is 15.9 Å². The lowest BCUT2D eigenvalue weighted by atomic mass is 9.94. The summed E-state index contributed by atoms with van der Waals surface area (Å²) in [7, 11) is 1.54. The minimum atomic E-state index is -0.933. The summed E-state index contributed by atoms with van der Waals surface area (Å²) >= 11 is 3.41. The van der Waals surface area contributed by atoms with Crippen molar-refractivity contribution in [2.75, 3.05) is 17.3 Å². The first kappa shape index (κ1) is 24.3. The predicted octanol–water partition coefficient (Wildman–Crippen LogP) is 5.95. The molecule has 0 bridgehead atoms. The molecule has 3 aromatic carbocycles. The van der Waals surface area contributed by atoms with Crippen LogP contribution in [0.1, 0.15) is 29.1 Å². The maximum Gasteiger partial charge on any atom is 0.294 e. The van der Waals surface area contributed by atoms with Gasteiger partial charge in [0.15, 0.2) is 11.5 Å². The minimum Gasteiger partial charge on any atom is -0.503 e. The Balaban J connectivity index is 1.60. The molecule has 37 heavy (non-hydrogen) atoms. The van der Waals surface area contributed by atoms with Crippen molar-refractivity contribution in [3.05, 3.63) is 99.9 Å². The molecule has 186 valence electrons. The van der Waals surface area contributed by atoms with Crippen LogP contribution in [-0.4, -0.2) is 29.8 Å². The van der Waals surface area contributed by atoms with Crippen LogP contribution in [0.3, 0.4) is 0 Å². The number of ketones is 1. The lowest BCUT2D eigenvalue weighted by Gasteiger charge is -2.27. The first-order valence-corrected chi connectivity index (χ1v) is 12.1. The van der Waals surface area contributed by atoms with Gasteiger partial charge in [-0.2, -0.15) is 0 Å². The number of hydrogen-bond acceptors (Lipinski definition) is 6. The zero-order valence-electron chi connectivity index (χ0n) is 19.8. The van der Waals surface area contributed by atoms with Gasteiger partial charge in [0, 0.05) is 28.2 Å². The molecule has 8 nitrogen and oxygen atoms in total. The van der Waals surface area contributed by atoms with Gasteiger partial charge in [0.25, 0.3) is 5.91 Å². The number of nitrogens with one attached hydrogen (secondary N) is 1. The Morgan fingerprint density at radius 1 is 1.03 bits per heavy atom. The Hall–Kier alpha value is -4.37. The van der Waals surface area contributed by atoms with Crippen molar-refractivity contribution in [2.45, 2.75) is 13.0 Å². The number of aliphatic hydroxyl groups excluding tert-OH is 1. The lowest BCUT2D eigenvalue weighted by Crippen LogP contribution is -2.31. The molecule has 2 amide bonds. The highest BCUT2D eigenvalue weighted by atomic mass is 79.9. The zero-order valence-corrected chi connectivity index (χ0v) is 21.4. The number of amides is 2. The van der Waals surface area contributed by atoms with E-state index in [0.29, 0.717) is 33.7 Å². The molecule has 0 radical (unpaired) electrons. The first-order valence-electron chi connectivity index (χ1n) is 11.3. The average Bonchev–Trinajstić information content (AvgIpc) is 3.42.